The van der Waals surface area contributed by atoms with E-state index in [2.05, 4.69) is 4.98 Å². The first-order valence-corrected chi connectivity index (χ1v) is 6.20. The number of hydrogen-bond acceptors (Lipinski definition) is 4. The molecule has 0 unspecified atom stereocenters. The Kier molecular flexibility index (Phi) is 5.23. The van der Waals surface area contributed by atoms with Crippen LogP contribution in [0.1, 0.15) is 32.0 Å². The molecular formula is C14H18N2O3. The van der Waals surface area contributed by atoms with Gasteiger partial charge in [0.2, 0.25) is 0 Å². The van der Waals surface area contributed by atoms with Gasteiger partial charge in [-0.2, -0.15) is 0 Å². The van der Waals surface area contributed by atoms with Crippen molar-refractivity contribution in [1.82, 2.24) is 9.38 Å². The largest absolute Gasteiger partial charge is 0.459 e. The number of carbonyl (C=O) groups excluding carboxylic acids is 1. The third kappa shape index (κ3) is 3.40. The van der Waals surface area contributed by atoms with Gasteiger partial charge in [0.05, 0.1) is 5.69 Å². The van der Waals surface area contributed by atoms with Crippen LogP contribution in [0.15, 0.2) is 29.2 Å². The van der Waals surface area contributed by atoms with Gasteiger partial charge in [-0.05, 0) is 19.1 Å². The van der Waals surface area contributed by atoms with E-state index in [0.29, 0.717) is 16.9 Å². The number of pyridine rings is 1. The number of fused-ring (bicyclic) bond motifs is 1. The monoisotopic (exact) mass is 262 g/mol. The average molecular weight is 262 g/mol. The highest BCUT2D eigenvalue weighted by atomic mass is 16.5. The molecule has 0 saturated heterocycles. The summed E-state index contributed by atoms with van der Waals surface area (Å²) in [7, 11) is 0. The lowest BCUT2D eigenvalue weighted by atomic mass is 10.2. The van der Waals surface area contributed by atoms with Crippen LogP contribution < -0.4 is 5.56 Å². The van der Waals surface area contributed by atoms with E-state index in [0.717, 1.165) is 0 Å². The van der Waals surface area contributed by atoms with Crippen LogP contribution in [0.5, 0.6) is 0 Å². The molecule has 2 heterocycles. The van der Waals surface area contributed by atoms with E-state index in [1.54, 1.807) is 31.3 Å². The maximum atomic E-state index is 12.0. The molecule has 0 aliphatic carbocycles. The minimum atomic E-state index is -0.389. The van der Waals surface area contributed by atoms with E-state index >= 15 is 0 Å². The standard InChI is InChI=1S/C12H12N2O3.C2H6/c1-8-10(7-17-9(2)15)13-11-5-3-4-6-14(11)12(8)16;1-2/h3-6H,7H2,1-2H3;1-2H3. The molecule has 19 heavy (non-hydrogen) atoms. The topological polar surface area (TPSA) is 60.7 Å². The lowest BCUT2D eigenvalue weighted by Crippen LogP contribution is -2.20. The van der Waals surface area contributed by atoms with Crippen molar-refractivity contribution in [3.05, 3.63) is 46.0 Å². The molecule has 0 saturated carbocycles. The van der Waals surface area contributed by atoms with Crippen LogP contribution in [0, 0.1) is 6.92 Å². The normalized spacial score (nSPS) is 9.68. The van der Waals surface area contributed by atoms with Crippen molar-refractivity contribution in [2.75, 3.05) is 0 Å². The first-order chi connectivity index (χ1) is 9.09. The molecule has 0 fully saturated rings. The van der Waals surface area contributed by atoms with E-state index in [9.17, 15) is 9.59 Å². The molecule has 0 aromatic carbocycles. The van der Waals surface area contributed by atoms with Crippen molar-refractivity contribution in [3.8, 4) is 0 Å². The van der Waals surface area contributed by atoms with Gasteiger partial charge in [0.25, 0.3) is 5.56 Å². The molecule has 0 N–H and O–H groups in total. The molecule has 0 atom stereocenters. The summed E-state index contributed by atoms with van der Waals surface area (Å²) in [6.45, 7) is 7.03. The summed E-state index contributed by atoms with van der Waals surface area (Å²) in [5, 5.41) is 0. The molecule has 0 aliphatic rings. The van der Waals surface area contributed by atoms with Crippen molar-refractivity contribution in [2.24, 2.45) is 0 Å². The van der Waals surface area contributed by atoms with Crippen molar-refractivity contribution in [1.29, 1.82) is 0 Å². The summed E-state index contributed by atoms with van der Waals surface area (Å²) in [6.07, 6.45) is 1.66. The summed E-state index contributed by atoms with van der Waals surface area (Å²) in [4.78, 5) is 27.0. The second kappa shape index (κ2) is 6.68. The molecule has 2 rings (SSSR count). The van der Waals surface area contributed by atoms with Gasteiger partial charge >= 0.3 is 5.97 Å². The highest BCUT2D eigenvalue weighted by molar-refractivity contribution is 5.65. The fourth-order valence-corrected chi connectivity index (χ4v) is 1.53. The fourth-order valence-electron chi connectivity index (χ4n) is 1.53. The molecule has 2 aromatic rings. The van der Waals surface area contributed by atoms with E-state index in [4.69, 9.17) is 4.74 Å². The average Bonchev–Trinajstić information content (AvgIpc) is 2.43. The summed E-state index contributed by atoms with van der Waals surface area (Å²) in [5.41, 5.74) is 1.40. The van der Waals surface area contributed by atoms with Gasteiger partial charge in [-0.3, -0.25) is 14.0 Å². The molecule has 0 radical (unpaired) electrons. The van der Waals surface area contributed by atoms with Gasteiger partial charge in [-0.15, -0.1) is 0 Å². The van der Waals surface area contributed by atoms with Crippen LogP contribution in [0.2, 0.25) is 0 Å². The quantitative estimate of drug-likeness (QED) is 0.777. The van der Waals surface area contributed by atoms with Gasteiger partial charge in [0.1, 0.15) is 12.3 Å². The number of ether oxygens (including phenoxy) is 1. The summed E-state index contributed by atoms with van der Waals surface area (Å²) in [6, 6.07) is 5.30. The predicted molar refractivity (Wildman–Crippen MR) is 73.0 cm³/mol. The molecule has 0 spiro atoms. The van der Waals surface area contributed by atoms with Gasteiger partial charge < -0.3 is 4.74 Å². The second-order valence-electron chi connectivity index (χ2n) is 3.70. The van der Waals surface area contributed by atoms with Gasteiger partial charge in [-0.25, -0.2) is 4.98 Å². The molecule has 0 aliphatic heterocycles. The highest BCUT2D eigenvalue weighted by Crippen LogP contribution is 2.05. The lowest BCUT2D eigenvalue weighted by Gasteiger charge is -2.07. The van der Waals surface area contributed by atoms with E-state index in [1.165, 1.54) is 11.3 Å². The molecule has 0 amide bonds. The van der Waals surface area contributed by atoms with Crippen LogP contribution >= 0.6 is 0 Å². The Morgan fingerprint density at radius 3 is 2.68 bits per heavy atom. The summed E-state index contributed by atoms with van der Waals surface area (Å²) >= 11 is 0. The first kappa shape index (κ1) is 14.9. The Bertz CT molecular complexity index is 632. The van der Waals surface area contributed by atoms with Crippen molar-refractivity contribution in [2.45, 2.75) is 34.3 Å². The van der Waals surface area contributed by atoms with E-state index in [-0.39, 0.29) is 18.1 Å². The maximum Gasteiger partial charge on any atom is 0.303 e. The summed E-state index contributed by atoms with van der Waals surface area (Å²) < 4.78 is 6.33. The number of aromatic nitrogens is 2. The van der Waals surface area contributed by atoms with Crippen LogP contribution in [0.25, 0.3) is 5.65 Å². The number of rotatable bonds is 2. The van der Waals surface area contributed by atoms with E-state index < -0.39 is 0 Å². The smallest absolute Gasteiger partial charge is 0.303 e. The first-order valence-electron chi connectivity index (χ1n) is 6.20. The fraction of sp³-hybridized carbons (Fsp3) is 0.357. The lowest BCUT2D eigenvalue weighted by molar-refractivity contribution is -0.142. The Morgan fingerprint density at radius 2 is 2.05 bits per heavy atom. The Hall–Kier alpha value is -2.17. The molecule has 5 nitrogen and oxygen atoms in total. The Morgan fingerprint density at radius 1 is 1.37 bits per heavy atom. The van der Waals surface area contributed by atoms with Crippen LogP contribution in [0.4, 0.5) is 0 Å². The molecule has 2 aromatic heterocycles. The van der Waals surface area contributed by atoms with Gasteiger partial charge in [-0.1, -0.05) is 19.9 Å². The van der Waals surface area contributed by atoms with Gasteiger partial charge in [0.15, 0.2) is 0 Å². The summed E-state index contributed by atoms with van der Waals surface area (Å²) in [5.74, 6) is -0.389. The zero-order chi connectivity index (χ0) is 14.4. The zero-order valence-electron chi connectivity index (χ0n) is 11.6. The van der Waals surface area contributed by atoms with Crippen molar-refractivity contribution < 1.29 is 9.53 Å². The van der Waals surface area contributed by atoms with Crippen LogP contribution in [-0.4, -0.2) is 15.4 Å². The van der Waals surface area contributed by atoms with Crippen LogP contribution in [-0.2, 0) is 16.1 Å². The maximum absolute atomic E-state index is 12.0. The second-order valence-corrected chi connectivity index (χ2v) is 3.70. The molecule has 102 valence electrons. The molecule has 5 heteroatoms. The van der Waals surface area contributed by atoms with Crippen molar-refractivity contribution >= 4 is 11.6 Å². The number of carbonyl (C=O) groups is 1. The molecule has 0 bridgehead atoms. The Balaban J connectivity index is 0.000000861. The third-order valence-corrected chi connectivity index (χ3v) is 2.47. The minimum Gasteiger partial charge on any atom is -0.459 e. The number of esters is 1. The number of nitrogens with zero attached hydrogens (tertiary/aromatic N) is 2. The Labute approximate surface area is 111 Å². The van der Waals surface area contributed by atoms with E-state index in [1.807, 2.05) is 13.8 Å². The van der Waals surface area contributed by atoms with Crippen LogP contribution in [0.3, 0.4) is 0 Å². The van der Waals surface area contributed by atoms with Gasteiger partial charge in [0, 0.05) is 18.7 Å². The van der Waals surface area contributed by atoms with Crippen molar-refractivity contribution in [3.63, 3.8) is 0 Å². The molecular weight excluding hydrogens is 244 g/mol. The minimum absolute atomic E-state index is 0.0296. The number of hydrogen-bond donors (Lipinski definition) is 0. The zero-order valence-corrected chi connectivity index (χ0v) is 11.6. The predicted octanol–water partition coefficient (Wildman–Crippen LogP) is 2.09. The highest BCUT2D eigenvalue weighted by Gasteiger charge is 2.09. The SMILES string of the molecule is CC.CC(=O)OCc1nc2ccccn2c(=O)c1C. The third-order valence-electron chi connectivity index (χ3n) is 2.47.